The Bertz CT molecular complexity index is 533. The summed E-state index contributed by atoms with van der Waals surface area (Å²) < 4.78 is 12.8. The van der Waals surface area contributed by atoms with Crippen LogP contribution in [0, 0.1) is 11.7 Å². The van der Waals surface area contributed by atoms with Gasteiger partial charge in [-0.3, -0.25) is 4.79 Å². The molecule has 0 aliphatic heterocycles. The van der Waals surface area contributed by atoms with Gasteiger partial charge >= 0.3 is 6.03 Å². The van der Waals surface area contributed by atoms with E-state index in [0.717, 1.165) is 24.8 Å². The number of amides is 3. The van der Waals surface area contributed by atoms with E-state index in [-0.39, 0.29) is 30.2 Å². The number of halogens is 1. The number of rotatable bonds is 6. The summed E-state index contributed by atoms with van der Waals surface area (Å²) >= 11 is 0. The average molecular weight is 321 g/mol. The first-order chi connectivity index (χ1) is 11.0. The van der Waals surface area contributed by atoms with Crippen LogP contribution in [0.1, 0.15) is 31.7 Å². The molecule has 5 nitrogen and oxygen atoms in total. The number of benzene rings is 1. The molecular weight excluding hydrogens is 297 g/mol. The molecule has 1 aliphatic carbocycles. The molecule has 126 valence electrons. The van der Waals surface area contributed by atoms with E-state index in [1.54, 1.807) is 12.1 Å². The third-order valence-electron chi connectivity index (χ3n) is 4.19. The fraction of sp³-hybridized carbons (Fsp3) is 0.529. The van der Waals surface area contributed by atoms with Gasteiger partial charge in [0.05, 0.1) is 6.42 Å². The summed E-state index contributed by atoms with van der Waals surface area (Å²) in [5, 5.41) is 8.43. The Hall–Kier alpha value is -2.11. The molecule has 6 heteroatoms. The van der Waals surface area contributed by atoms with E-state index < -0.39 is 0 Å². The van der Waals surface area contributed by atoms with Gasteiger partial charge in [-0.1, -0.05) is 25.5 Å². The molecule has 1 saturated carbocycles. The topological polar surface area (TPSA) is 70.2 Å². The molecule has 0 radical (unpaired) electrons. The van der Waals surface area contributed by atoms with Gasteiger partial charge < -0.3 is 16.0 Å². The minimum absolute atomic E-state index is 0.150. The number of nitrogens with one attached hydrogen (secondary N) is 3. The van der Waals surface area contributed by atoms with Crippen molar-refractivity contribution in [1.29, 1.82) is 0 Å². The van der Waals surface area contributed by atoms with Crippen molar-refractivity contribution in [3.63, 3.8) is 0 Å². The van der Waals surface area contributed by atoms with Crippen LogP contribution in [-0.2, 0) is 11.2 Å². The first-order valence-electron chi connectivity index (χ1n) is 8.10. The largest absolute Gasteiger partial charge is 0.354 e. The molecule has 0 bridgehead atoms. The molecule has 1 aliphatic rings. The van der Waals surface area contributed by atoms with Gasteiger partial charge in [-0.2, -0.15) is 0 Å². The number of urea groups is 1. The van der Waals surface area contributed by atoms with E-state index in [1.807, 2.05) is 0 Å². The van der Waals surface area contributed by atoms with Gasteiger partial charge in [0.25, 0.3) is 0 Å². The summed E-state index contributed by atoms with van der Waals surface area (Å²) in [7, 11) is 0. The standard InChI is InChI=1S/C17H24FN3O2/c1-12-3-2-4-15(12)21-17(23)20-10-9-19-16(22)11-13-5-7-14(18)8-6-13/h5-8,12,15H,2-4,9-11H2,1H3,(H,19,22)(H2,20,21,23). The van der Waals surface area contributed by atoms with E-state index in [9.17, 15) is 14.0 Å². The van der Waals surface area contributed by atoms with Crippen molar-refractivity contribution < 1.29 is 14.0 Å². The van der Waals surface area contributed by atoms with Crippen molar-refractivity contribution in [3.05, 3.63) is 35.6 Å². The molecule has 3 N–H and O–H groups in total. The van der Waals surface area contributed by atoms with Crippen LogP contribution in [0.5, 0.6) is 0 Å². The van der Waals surface area contributed by atoms with Crippen molar-refractivity contribution in [3.8, 4) is 0 Å². The van der Waals surface area contributed by atoms with Crippen molar-refractivity contribution in [2.24, 2.45) is 5.92 Å². The SMILES string of the molecule is CC1CCCC1NC(=O)NCCNC(=O)Cc1ccc(F)cc1. The highest BCUT2D eigenvalue weighted by atomic mass is 19.1. The Morgan fingerprint density at radius 2 is 1.83 bits per heavy atom. The average Bonchev–Trinajstić information content (AvgIpc) is 2.91. The highest BCUT2D eigenvalue weighted by Gasteiger charge is 2.24. The van der Waals surface area contributed by atoms with E-state index in [2.05, 4.69) is 22.9 Å². The summed E-state index contributed by atoms with van der Waals surface area (Å²) in [4.78, 5) is 23.5. The Balaban J connectivity index is 1.58. The van der Waals surface area contributed by atoms with E-state index in [0.29, 0.717) is 19.0 Å². The molecule has 3 amide bonds. The Labute approximate surface area is 136 Å². The van der Waals surface area contributed by atoms with Crippen LogP contribution in [0.25, 0.3) is 0 Å². The smallest absolute Gasteiger partial charge is 0.315 e. The number of carbonyl (C=O) groups is 2. The normalized spacial score (nSPS) is 20.1. The quantitative estimate of drug-likeness (QED) is 0.701. The summed E-state index contributed by atoms with van der Waals surface area (Å²) in [6.45, 7) is 2.89. The lowest BCUT2D eigenvalue weighted by Gasteiger charge is -2.17. The zero-order chi connectivity index (χ0) is 16.7. The van der Waals surface area contributed by atoms with E-state index >= 15 is 0 Å². The van der Waals surface area contributed by atoms with Gasteiger partial charge in [0.1, 0.15) is 5.82 Å². The molecule has 23 heavy (non-hydrogen) atoms. The predicted molar refractivity (Wildman–Crippen MR) is 86.5 cm³/mol. The zero-order valence-electron chi connectivity index (χ0n) is 13.4. The lowest BCUT2D eigenvalue weighted by molar-refractivity contribution is -0.120. The van der Waals surface area contributed by atoms with Crippen LogP contribution in [0.4, 0.5) is 9.18 Å². The van der Waals surface area contributed by atoms with Gasteiger partial charge in [-0.15, -0.1) is 0 Å². The Morgan fingerprint density at radius 1 is 1.13 bits per heavy atom. The fourth-order valence-corrected chi connectivity index (χ4v) is 2.81. The van der Waals surface area contributed by atoms with Crippen LogP contribution in [0.3, 0.4) is 0 Å². The monoisotopic (exact) mass is 321 g/mol. The Kier molecular flexibility index (Phi) is 6.38. The zero-order valence-corrected chi connectivity index (χ0v) is 13.4. The highest BCUT2D eigenvalue weighted by Crippen LogP contribution is 2.24. The summed E-state index contributed by atoms with van der Waals surface area (Å²) in [5.41, 5.74) is 0.754. The second-order valence-corrected chi connectivity index (χ2v) is 6.07. The maximum absolute atomic E-state index is 12.8. The fourth-order valence-electron chi connectivity index (χ4n) is 2.81. The van der Waals surface area contributed by atoms with Crippen molar-refractivity contribution in [2.75, 3.05) is 13.1 Å². The van der Waals surface area contributed by atoms with Crippen molar-refractivity contribution >= 4 is 11.9 Å². The maximum Gasteiger partial charge on any atom is 0.315 e. The Morgan fingerprint density at radius 3 is 2.48 bits per heavy atom. The highest BCUT2D eigenvalue weighted by molar-refractivity contribution is 5.78. The van der Waals surface area contributed by atoms with Crippen LogP contribution < -0.4 is 16.0 Å². The first kappa shape index (κ1) is 17.2. The van der Waals surface area contributed by atoms with Crippen LogP contribution >= 0.6 is 0 Å². The molecule has 0 aromatic heterocycles. The second-order valence-electron chi connectivity index (χ2n) is 6.07. The molecule has 2 unspecified atom stereocenters. The van der Waals surface area contributed by atoms with Crippen LogP contribution in [0.2, 0.25) is 0 Å². The molecule has 0 saturated heterocycles. The van der Waals surface area contributed by atoms with Crippen molar-refractivity contribution in [1.82, 2.24) is 16.0 Å². The third-order valence-corrected chi connectivity index (χ3v) is 4.19. The number of hydrogen-bond donors (Lipinski definition) is 3. The molecule has 1 aromatic carbocycles. The predicted octanol–water partition coefficient (Wildman–Crippen LogP) is 1.97. The van der Waals surface area contributed by atoms with Gasteiger partial charge in [0, 0.05) is 19.1 Å². The summed E-state index contributed by atoms with van der Waals surface area (Å²) in [5.74, 6) is 0.0559. The molecule has 0 heterocycles. The number of hydrogen-bond acceptors (Lipinski definition) is 2. The van der Waals surface area contributed by atoms with Crippen LogP contribution in [0.15, 0.2) is 24.3 Å². The molecule has 2 rings (SSSR count). The van der Waals surface area contributed by atoms with Gasteiger partial charge in [0.2, 0.25) is 5.91 Å². The van der Waals surface area contributed by atoms with Crippen LogP contribution in [-0.4, -0.2) is 31.1 Å². The molecule has 2 atom stereocenters. The lowest BCUT2D eigenvalue weighted by Crippen LogP contribution is -2.45. The van der Waals surface area contributed by atoms with Gasteiger partial charge in [-0.25, -0.2) is 9.18 Å². The molecule has 0 spiro atoms. The van der Waals surface area contributed by atoms with Gasteiger partial charge in [-0.05, 0) is 36.5 Å². The summed E-state index contributed by atoms with van der Waals surface area (Å²) in [6, 6.07) is 5.91. The first-order valence-corrected chi connectivity index (χ1v) is 8.10. The van der Waals surface area contributed by atoms with E-state index in [1.165, 1.54) is 12.1 Å². The number of carbonyl (C=O) groups excluding carboxylic acids is 2. The molecular formula is C17H24FN3O2. The van der Waals surface area contributed by atoms with E-state index in [4.69, 9.17) is 0 Å². The van der Waals surface area contributed by atoms with Crippen molar-refractivity contribution in [2.45, 2.75) is 38.6 Å². The lowest BCUT2D eigenvalue weighted by atomic mass is 10.1. The maximum atomic E-state index is 12.8. The molecule has 1 aromatic rings. The third kappa shape index (κ3) is 5.88. The molecule has 1 fully saturated rings. The summed E-state index contributed by atoms with van der Waals surface area (Å²) in [6.07, 6.45) is 3.55. The second kappa shape index (κ2) is 8.50. The van der Waals surface area contributed by atoms with Gasteiger partial charge in [0.15, 0.2) is 0 Å². The minimum Gasteiger partial charge on any atom is -0.354 e. The minimum atomic E-state index is -0.319.